The van der Waals surface area contributed by atoms with Gasteiger partial charge >= 0.3 is 0 Å². The number of nitrogens with zero attached hydrogens (tertiary/aromatic N) is 1. The Morgan fingerprint density at radius 2 is 2.27 bits per heavy atom. The lowest BCUT2D eigenvalue weighted by molar-refractivity contribution is 0.210. The van der Waals surface area contributed by atoms with Gasteiger partial charge in [0.05, 0.1) is 6.10 Å². The number of aromatic nitrogens is 1. The Morgan fingerprint density at radius 1 is 1.47 bits per heavy atom. The molecule has 0 aliphatic heterocycles. The minimum Gasteiger partial charge on any atom is -0.490 e. The Labute approximate surface area is 90.9 Å². The molecule has 0 saturated heterocycles. The van der Waals surface area contributed by atoms with Crippen LogP contribution < -0.4 is 10.1 Å². The van der Waals surface area contributed by atoms with Gasteiger partial charge in [-0.2, -0.15) is 0 Å². The molecule has 0 aromatic carbocycles. The summed E-state index contributed by atoms with van der Waals surface area (Å²) in [6.07, 6.45) is 7.20. The molecule has 0 amide bonds. The van der Waals surface area contributed by atoms with E-state index in [0.29, 0.717) is 6.10 Å². The van der Waals surface area contributed by atoms with Crippen LogP contribution >= 0.6 is 0 Å². The molecule has 0 bridgehead atoms. The van der Waals surface area contributed by atoms with Gasteiger partial charge in [0.2, 0.25) is 0 Å². The highest BCUT2D eigenvalue weighted by molar-refractivity contribution is 5.40. The fourth-order valence-corrected chi connectivity index (χ4v) is 1.96. The van der Waals surface area contributed by atoms with Crippen molar-refractivity contribution < 1.29 is 4.74 Å². The van der Waals surface area contributed by atoms with Gasteiger partial charge in [0.15, 0.2) is 0 Å². The summed E-state index contributed by atoms with van der Waals surface area (Å²) in [4.78, 5) is 4.21. The molecule has 1 fully saturated rings. The molecular formula is C12H18N2O. The zero-order valence-electron chi connectivity index (χ0n) is 9.20. The predicted octanol–water partition coefficient (Wildman–Crippen LogP) is 2.83. The quantitative estimate of drug-likeness (QED) is 0.822. The van der Waals surface area contributed by atoms with E-state index in [4.69, 9.17) is 4.74 Å². The highest BCUT2D eigenvalue weighted by Gasteiger charge is 2.16. The second-order valence-corrected chi connectivity index (χ2v) is 3.93. The number of rotatable bonds is 4. The molecule has 1 heterocycles. The lowest BCUT2D eigenvalue weighted by atomic mass is 10.3. The molecule has 0 radical (unpaired) electrons. The number of hydrogen-bond acceptors (Lipinski definition) is 3. The Bertz CT molecular complexity index is 308. The van der Waals surface area contributed by atoms with Crippen LogP contribution in [0.2, 0.25) is 0 Å². The molecule has 1 aromatic heterocycles. The topological polar surface area (TPSA) is 34.1 Å². The number of nitrogens with one attached hydrogen (secondary N) is 1. The van der Waals surface area contributed by atoms with Crippen LogP contribution in [0.4, 0.5) is 5.82 Å². The van der Waals surface area contributed by atoms with Crippen molar-refractivity contribution in [3.8, 4) is 5.75 Å². The van der Waals surface area contributed by atoms with Gasteiger partial charge in [0.1, 0.15) is 11.6 Å². The van der Waals surface area contributed by atoms with Crippen LogP contribution in [0, 0.1) is 0 Å². The van der Waals surface area contributed by atoms with E-state index in [2.05, 4.69) is 17.2 Å². The molecule has 1 N–H and O–H groups in total. The molecule has 3 nitrogen and oxygen atoms in total. The van der Waals surface area contributed by atoms with Gasteiger partial charge in [-0.1, -0.05) is 0 Å². The Morgan fingerprint density at radius 3 is 3.00 bits per heavy atom. The first-order valence-electron chi connectivity index (χ1n) is 5.75. The SMILES string of the molecule is CCNc1cc(OC2CCCC2)ccn1. The smallest absolute Gasteiger partial charge is 0.129 e. The molecule has 82 valence electrons. The van der Waals surface area contributed by atoms with E-state index in [9.17, 15) is 0 Å². The molecule has 2 rings (SSSR count). The summed E-state index contributed by atoms with van der Waals surface area (Å²) in [5.74, 6) is 1.83. The van der Waals surface area contributed by atoms with Crippen molar-refractivity contribution in [2.75, 3.05) is 11.9 Å². The maximum absolute atomic E-state index is 5.88. The second kappa shape index (κ2) is 5.01. The number of anilines is 1. The normalized spacial score (nSPS) is 16.6. The molecule has 15 heavy (non-hydrogen) atoms. The van der Waals surface area contributed by atoms with Crippen LogP contribution in [-0.4, -0.2) is 17.6 Å². The molecule has 1 aliphatic rings. The van der Waals surface area contributed by atoms with E-state index < -0.39 is 0 Å². The summed E-state index contributed by atoms with van der Waals surface area (Å²) in [7, 11) is 0. The minimum absolute atomic E-state index is 0.418. The van der Waals surface area contributed by atoms with E-state index >= 15 is 0 Å². The largest absolute Gasteiger partial charge is 0.490 e. The second-order valence-electron chi connectivity index (χ2n) is 3.93. The number of pyridine rings is 1. The van der Waals surface area contributed by atoms with Gasteiger partial charge in [-0.3, -0.25) is 0 Å². The van der Waals surface area contributed by atoms with Crippen molar-refractivity contribution >= 4 is 5.82 Å². The van der Waals surface area contributed by atoms with Crippen LogP contribution in [0.25, 0.3) is 0 Å². The van der Waals surface area contributed by atoms with E-state index in [0.717, 1.165) is 18.1 Å². The van der Waals surface area contributed by atoms with E-state index in [1.54, 1.807) is 6.20 Å². The molecule has 0 unspecified atom stereocenters. The van der Waals surface area contributed by atoms with Gasteiger partial charge in [-0.05, 0) is 38.7 Å². The molecule has 0 spiro atoms. The van der Waals surface area contributed by atoms with Crippen LogP contribution in [0.15, 0.2) is 18.3 Å². The van der Waals surface area contributed by atoms with E-state index in [1.165, 1.54) is 25.7 Å². The van der Waals surface area contributed by atoms with Gasteiger partial charge < -0.3 is 10.1 Å². The zero-order valence-corrected chi connectivity index (χ0v) is 9.20. The summed E-state index contributed by atoms with van der Waals surface area (Å²) in [5, 5.41) is 3.18. The third-order valence-corrected chi connectivity index (χ3v) is 2.69. The standard InChI is InChI=1S/C12H18N2O/c1-2-13-12-9-11(7-8-14-12)15-10-5-3-4-6-10/h7-10H,2-6H2,1H3,(H,13,14). The first-order valence-corrected chi connectivity index (χ1v) is 5.75. The van der Waals surface area contributed by atoms with E-state index in [-0.39, 0.29) is 0 Å². The summed E-state index contributed by atoms with van der Waals surface area (Å²) in [6.45, 7) is 2.95. The summed E-state index contributed by atoms with van der Waals surface area (Å²) < 4.78 is 5.88. The zero-order chi connectivity index (χ0) is 10.5. The summed E-state index contributed by atoms with van der Waals surface area (Å²) >= 11 is 0. The highest BCUT2D eigenvalue weighted by atomic mass is 16.5. The van der Waals surface area contributed by atoms with Crippen LogP contribution in [-0.2, 0) is 0 Å². The van der Waals surface area contributed by atoms with Crippen molar-refractivity contribution in [3.63, 3.8) is 0 Å². The van der Waals surface area contributed by atoms with Crippen LogP contribution in [0.3, 0.4) is 0 Å². The highest BCUT2D eigenvalue weighted by Crippen LogP contribution is 2.24. The fraction of sp³-hybridized carbons (Fsp3) is 0.583. The van der Waals surface area contributed by atoms with Crippen molar-refractivity contribution in [1.29, 1.82) is 0 Å². The Kier molecular flexibility index (Phi) is 3.43. The molecular weight excluding hydrogens is 188 g/mol. The van der Waals surface area contributed by atoms with Gasteiger partial charge in [-0.15, -0.1) is 0 Å². The molecule has 1 saturated carbocycles. The van der Waals surface area contributed by atoms with Crippen LogP contribution in [0.5, 0.6) is 5.75 Å². The van der Waals surface area contributed by atoms with E-state index in [1.807, 2.05) is 12.1 Å². The van der Waals surface area contributed by atoms with Crippen LogP contribution in [0.1, 0.15) is 32.6 Å². The number of ether oxygens (including phenoxy) is 1. The monoisotopic (exact) mass is 206 g/mol. The average Bonchev–Trinajstić information content (AvgIpc) is 2.71. The summed E-state index contributed by atoms with van der Waals surface area (Å²) in [6, 6.07) is 3.90. The first kappa shape index (κ1) is 10.3. The van der Waals surface area contributed by atoms with Crippen molar-refractivity contribution in [3.05, 3.63) is 18.3 Å². The van der Waals surface area contributed by atoms with Crippen molar-refractivity contribution in [2.24, 2.45) is 0 Å². The van der Waals surface area contributed by atoms with Crippen molar-refractivity contribution in [1.82, 2.24) is 4.98 Å². The number of hydrogen-bond donors (Lipinski definition) is 1. The maximum atomic E-state index is 5.88. The molecule has 0 atom stereocenters. The summed E-state index contributed by atoms with van der Waals surface area (Å²) in [5.41, 5.74) is 0. The first-order chi connectivity index (χ1) is 7.38. The third kappa shape index (κ3) is 2.85. The third-order valence-electron chi connectivity index (χ3n) is 2.69. The lowest BCUT2D eigenvalue weighted by Crippen LogP contribution is -2.11. The molecule has 3 heteroatoms. The molecule has 1 aromatic rings. The Hall–Kier alpha value is -1.25. The van der Waals surface area contributed by atoms with Gasteiger partial charge in [0, 0.05) is 18.8 Å². The van der Waals surface area contributed by atoms with Gasteiger partial charge in [-0.25, -0.2) is 4.98 Å². The maximum Gasteiger partial charge on any atom is 0.129 e. The van der Waals surface area contributed by atoms with Gasteiger partial charge in [0.25, 0.3) is 0 Å². The minimum atomic E-state index is 0.418. The predicted molar refractivity (Wildman–Crippen MR) is 61.3 cm³/mol. The molecule has 1 aliphatic carbocycles. The fourth-order valence-electron chi connectivity index (χ4n) is 1.96. The van der Waals surface area contributed by atoms with Crippen molar-refractivity contribution in [2.45, 2.75) is 38.7 Å². The average molecular weight is 206 g/mol. The lowest BCUT2D eigenvalue weighted by Gasteiger charge is -2.13. The Balaban J connectivity index is 1.97.